The number of aliphatic hydroxyl groups excluding tert-OH is 1. The highest BCUT2D eigenvalue weighted by Gasteiger charge is 2.45. The summed E-state index contributed by atoms with van der Waals surface area (Å²) in [5.41, 5.74) is 3.12. The van der Waals surface area contributed by atoms with Crippen molar-refractivity contribution >= 4 is 11.9 Å². The van der Waals surface area contributed by atoms with Gasteiger partial charge in [0.15, 0.2) is 5.78 Å². The lowest BCUT2D eigenvalue weighted by molar-refractivity contribution is -0.113. The number of hydrogen-bond acceptors (Lipinski definition) is 3. The van der Waals surface area contributed by atoms with E-state index in [1.807, 2.05) is 37.3 Å². The second-order valence-corrected chi connectivity index (χ2v) is 8.54. The summed E-state index contributed by atoms with van der Waals surface area (Å²) in [5, 5.41) is 20.3. The van der Waals surface area contributed by atoms with E-state index in [4.69, 9.17) is 0 Å². The number of ketones is 1. The summed E-state index contributed by atoms with van der Waals surface area (Å²) in [7, 11) is 0. The topological polar surface area (TPSA) is 57.5 Å². The van der Waals surface area contributed by atoms with Gasteiger partial charge in [-0.3, -0.25) is 4.79 Å². The number of allylic oxidation sites excluding steroid dienone is 2. The number of Topliss-reactive ketones (excluding diaryl/α,β-unsaturated/α-hetero) is 1. The zero-order valence-electron chi connectivity index (χ0n) is 16.6. The normalized spacial score (nSPS) is 27.3. The SMILES string of the molecule is CC1=C2CCC[C@H](O)[C@@]2(C)C/C(=C\c2ccc(C#CC(C)(C)O)cc2)C1=O. The highest BCUT2D eigenvalue weighted by Crippen LogP contribution is 2.50. The van der Waals surface area contributed by atoms with Crippen molar-refractivity contribution in [2.24, 2.45) is 5.41 Å². The maximum absolute atomic E-state index is 12.9. The maximum Gasteiger partial charge on any atom is 0.184 e. The van der Waals surface area contributed by atoms with Gasteiger partial charge in [0, 0.05) is 16.6 Å². The Bertz CT molecular complexity index is 869. The Labute approximate surface area is 161 Å². The van der Waals surface area contributed by atoms with Crippen LogP contribution in [0.3, 0.4) is 0 Å². The van der Waals surface area contributed by atoms with Gasteiger partial charge in [0.05, 0.1) is 6.10 Å². The zero-order chi connectivity index (χ0) is 19.8. The Morgan fingerprint density at radius 3 is 2.56 bits per heavy atom. The molecule has 2 atom stereocenters. The molecule has 27 heavy (non-hydrogen) atoms. The molecule has 1 saturated carbocycles. The second kappa shape index (κ2) is 7.11. The van der Waals surface area contributed by atoms with E-state index in [1.165, 1.54) is 0 Å². The molecule has 2 aliphatic carbocycles. The Hall–Kier alpha value is -2.15. The van der Waals surface area contributed by atoms with Gasteiger partial charge in [0.25, 0.3) is 0 Å². The van der Waals surface area contributed by atoms with Gasteiger partial charge in [0.2, 0.25) is 0 Å². The monoisotopic (exact) mass is 364 g/mol. The molecule has 0 aliphatic heterocycles. The molecule has 2 N–H and O–H groups in total. The minimum atomic E-state index is -1.02. The molecule has 3 nitrogen and oxygen atoms in total. The lowest BCUT2D eigenvalue weighted by Crippen LogP contribution is -2.42. The fraction of sp³-hybridized carbons (Fsp3) is 0.458. The Balaban J connectivity index is 1.90. The van der Waals surface area contributed by atoms with Crippen LogP contribution in [0.4, 0.5) is 0 Å². The van der Waals surface area contributed by atoms with Crippen LogP contribution in [0.2, 0.25) is 0 Å². The van der Waals surface area contributed by atoms with Crippen LogP contribution in [-0.2, 0) is 4.79 Å². The quantitative estimate of drug-likeness (QED) is 0.584. The molecule has 0 heterocycles. The van der Waals surface area contributed by atoms with Gasteiger partial charge < -0.3 is 10.2 Å². The van der Waals surface area contributed by atoms with E-state index in [0.29, 0.717) is 6.42 Å². The van der Waals surface area contributed by atoms with Crippen molar-refractivity contribution in [1.82, 2.24) is 0 Å². The largest absolute Gasteiger partial charge is 0.392 e. The van der Waals surface area contributed by atoms with Crippen LogP contribution in [-0.4, -0.2) is 27.7 Å². The molecule has 1 aromatic rings. The highest BCUT2D eigenvalue weighted by molar-refractivity contribution is 6.12. The van der Waals surface area contributed by atoms with Crippen molar-refractivity contribution in [3.63, 3.8) is 0 Å². The molecule has 0 aromatic heterocycles. The first-order chi connectivity index (χ1) is 12.6. The fourth-order valence-corrected chi connectivity index (χ4v) is 4.18. The fourth-order valence-electron chi connectivity index (χ4n) is 4.18. The van der Waals surface area contributed by atoms with Gasteiger partial charge in [-0.25, -0.2) is 0 Å². The van der Waals surface area contributed by atoms with Gasteiger partial charge in [-0.1, -0.05) is 36.5 Å². The molecule has 0 saturated heterocycles. The third-order valence-electron chi connectivity index (χ3n) is 5.74. The van der Waals surface area contributed by atoms with Crippen molar-refractivity contribution in [3.05, 3.63) is 52.1 Å². The van der Waals surface area contributed by atoms with E-state index >= 15 is 0 Å². The van der Waals surface area contributed by atoms with Crippen molar-refractivity contribution in [1.29, 1.82) is 0 Å². The summed E-state index contributed by atoms with van der Waals surface area (Å²) in [6.45, 7) is 7.29. The molecular formula is C24H28O3. The molecule has 0 unspecified atom stereocenters. The molecule has 3 heteroatoms. The minimum absolute atomic E-state index is 0.0995. The van der Waals surface area contributed by atoms with E-state index in [1.54, 1.807) is 13.8 Å². The zero-order valence-corrected chi connectivity index (χ0v) is 16.6. The van der Waals surface area contributed by atoms with Crippen LogP contribution in [0.5, 0.6) is 0 Å². The lowest BCUT2D eigenvalue weighted by Gasteiger charge is -2.45. The Morgan fingerprint density at radius 1 is 1.26 bits per heavy atom. The van der Waals surface area contributed by atoms with E-state index in [2.05, 4.69) is 18.8 Å². The summed E-state index contributed by atoms with van der Waals surface area (Å²) < 4.78 is 0. The molecule has 0 radical (unpaired) electrons. The third kappa shape index (κ3) is 4.08. The Kier molecular flexibility index (Phi) is 5.16. The van der Waals surface area contributed by atoms with Gasteiger partial charge in [-0.05, 0) is 75.8 Å². The summed E-state index contributed by atoms with van der Waals surface area (Å²) in [6, 6.07) is 7.65. The van der Waals surface area contributed by atoms with Crippen LogP contribution in [0.25, 0.3) is 6.08 Å². The number of rotatable bonds is 1. The molecule has 0 spiro atoms. The van der Waals surface area contributed by atoms with E-state index in [-0.39, 0.29) is 11.2 Å². The molecule has 0 bridgehead atoms. The van der Waals surface area contributed by atoms with Gasteiger partial charge in [0.1, 0.15) is 5.60 Å². The van der Waals surface area contributed by atoms with E-state index < -0.39 is 11.7 Å². The van der Waals surface area contributed by atoms with Gasteiger partial charge in [-0.15, -0.1) is 0 Å². The summed E-state index contributed by atoms with van der Waals surface area (Å²) in [4.78, 5) is 12.9. The van der Waals surface area contributed by atoms with Crippen LogP contribution in [0.1, 0.15) is 64.5 Å². The van der Waals surface area contributed by atoms with Crippen LogP contribution >= 0.6 is 0 Å². The average Bonchev–Trinajstić information content (AvgIpc) is 2.60. The summed E-state index contributed by atoms with van der Waals surface area (Å²) >= 11 is 0. The molecule has 142 valence electrons. The van der Waals surface area contributed by atoms with Crippen molar-refractivity contribution in [2.45, 2.75) is 65.1 Å². The first-order valence-corrected chi connectivity index (χ1v) is 9.59. The number of carbonyl (C=O) groups excluding carboxylic acids is 1. The number of fused-ring (bicyclic) bond motifs is 1. The second-order valence-electron chi connectivity index (χ2n) is 8.54. The first kappa shape index (κ1) is 19.6. The molecule has 2 aliphatic rings. The van der Waals surface area contributed by atoms with Gasteiger partial charge >= 0.3 is 0 Å². The molecule has 1 aromatic carbocycles. The smallest absolute Gasteiger partial charge is 0.184 e. The van der Waals surface area contributed by atoms with Crippen molar-refractivity contribution in [3.8, 4) is 11.8 Å². The summed E-state index contributed by atoms with van der Waals surface area (Å²) in [6.07, 6.45) is 4.77. The van der Waals surface area contributed by atoms with Crippen LogP contribution in [0.15, 0.2) is 41.0 Å². The van der Waals surface area contributed by atoms with E-state index in [0.717, 1.165) is 47.1 Å². The molecular weight excluding hydrogens is 336 g/mol. The van der Waals surface area contributed by atoms with Gasteiger partial charge in [-0.2, -0.15) is 0 Å². The van der Waals surface area contributed by atoms with Crippen LogP contribution < -0.4 is 0 Å². The predicted molar refractivity (Wildman–Crippen MR) is 108 cm³/mol. The predicted octanol–water partition coefficient (Wildman–Crippen LogP) is 4.03. The molecule has 0 amide bonds. The van der Waals surface area contributed by atoms with Crippen molar-refractivity contribution in [2.75, 3.05) is 0 Å². The number of carbonyl (C=O) groups is 1. The molecule has 1 fully saturated rings. The highest BCUT2D eigenvalue weighted by atomic mass is 16.3. The summed E-state index contributed by atoms with van der Waals surface area (Å²) in [5.74, 6) is 5.85. The number of hydrogen-bond donors (Lipinski definition) is 2. The standard InChI is InChI=1S/C24H28O3/c1-16-20-6-5-7-21(25)24(20,4)15-19(22(16)26)14-18-10-8-17(9-11-18)12-13-23(2,3)27/h8-11,14,21,25,27H,5-7,15H2,1-4H3/b19-14+/t21-,24-/m0/s1. The van der Waals surface area contributed by atoms with Crippen molar-refractivity contribution < 1.29 is 15.0 Å². The van der Waals surface area contributed by atoms with Crippen LogP contribution in [0, 0.1) is 17.3 Å². The maximum atomic E-state index is 12.9. The average molecular weight is 364 g/mol. The first-order valence-electron chi connectivity index (χ1n) is 9.59. The van der Waals surface area contributed by atoms with E-state index in [9.17, 15) is 15.0 Å². The molecule has 3 rings (SSSR count). The lowest BCUT2D eigenvalue weighted by atomic mass is 9.61. The number of aliphatic hydroxyl groups is 2. The Morgan fingerprint density at radius 2 is 1.93 bits per heavy atom. The minimum Gasteiger partial charge on any atom is -0.392 e. The number of benzene rings is 1. The third-order valence-corrected chi connectivity index (χ3v) is 5.74.